The predicted octanol–water partition coefficient (Wildman–Crippen LogP) is 2.18. The van der Waals surface area contributed by atoms with E-state index in [1.165, 1.54) is 0 Å². The minimum Gasteiger partial charge on any atom is -0.487 e. The number of aryl methyl sites for hydroxylation is 1. The zero-order valence-electron chi connectivity index (χ0n) is 9.31. The minimum absolute atomic E-state index is 0.0860. The molecule has 16 heavy (non-hydrogen) atoms. The van der Waals surface area contributed by atoms with Crippen LogP contribution in [0.2, 0.25) is 5.02 Å². The third-order valence-electron chi connectivity index (χ3n) is 2.92. The molecule has 0 radical (unpaired) electrons. The molecule has 2 rings (SSSR count). The highest BCUT2D eigenvalue weighted by atomic mass is 35.5. The normalized spacial score (nSPS) is 28.6. The van der Waals surface area contributed by atoms with E-state index in [1.807, 2.05) is 19.1 Å². The molecule has 3 nitrogen and oxygen atoms in total. The Kier molecular flexibility index (Phi) is 3.38. The average Bonchev–Trinajstić information content (AvgIpc) is 2.23. The van der Waals surface area contributed by atoms with Crippen LogP contribution in [0.25, 0.3) is 0 Å². The van der Waals surface area contributed by atoms with Crippen molar-refractivity contribution in [3.05, 3.63) is 28.8 Å². The number of halogens is 1. The molecule has 1 aliphatic carbocycles. The second-order valence-corrected chi connectivity index (χ2v) is 4.51. The van der Waals surface area contributed by atoms with Crippen LogP contribution in [0.5, 0.6) is 5.75 Å². The van der Waals surface area contributed by atoms with Gasteiger partial charge in [0, 0.05) is 18.6 Å². The number of benzene rings is 1. The van der Waals surface area contributed by atoms with Gasteiger partial charge in [0.25, 0.3) is 0 Å². The minimum atomic E-state index is -0.422. The van der Waals surface area contributed by atoms with Gasteiger partial charge in [-0.25, -0.2) is 0 Å². The molecule has 1 aromatic rings. The number of methoxy groups -OCH3 is 1. The molecule has 0 spiro atoms. The highest BCUT2D eigenvalue weighted by molar-refractivity contribution is 6.30. The lowest BCUT2D eigenvalue weighted by molar-refractivity contribution is -0.149. The molecule has 3 unspecified atom stereocenters. The third kappa shape index (κ3) is 2.17. The smallest absolute Gasteiger partial charge is 0.130 e. The van der Waals surface area contributed by atoms with Crippen molar-refractivity contribution in [3.63, 3.8) is 0 Å². The SMILES string of the molecule is COC1C(O)CC1Oc1cc(Cl)ccc1C. The summed E-state index contributed by atoms with van der Waals surface area (Å²) in [6.07, 6.45) is -0.144. The standard InChI is InChI=1S/C12H15ClO3/c1-7-3-4-8(13)5-10(7)16-11-6-9(14)12(11)15-2/h3-5,9,11-12,14H,6H2,1-2H3. The van der Waals surface area contributed by atoms with Crippen LogP contribution in [0.1, 0.15) is 12.0 Å². The van der Waals surface area contributed by atoms with E-state index in [-0.39, 0.29) is 12.2 Å². The highest BCUT2D eigenvalue weighted by Gasteiger charge is 2.42. The van der Waals surface area contributed by atoms with E-state index in [2.05, 4.69) is 0 Å². The van der Waals surface area contributed by atoms with Crippen LogP contribution in [0, 0.1) is 6.92 Å². The largest absolute Gasteiger partial charge is 0.487 e. The van der Waals surface area contributed by atoms with Crippen molar-refractivity contribution < 1.29 is 14.6 Å². The zero-order chi connectivity index (χ0) is 11.7. The van der Waals surface area contributed by atoms with E-state index >= 15 is 0 Å². The van der Waals surface area contributed by atoms with Gasteiger partial charge >= 0.3 is 0 Å². The molecule has 1 fully saturated rings. The Bertz CT molecular complexity index is 381. The quantitative estimate of drug-likeness (QED) is 0.883. The van der Waals surface area contributed by atoms with Crippen LogP contribution >= 0.6 is 11.6 Å². The number of aliphatic hydroxyl groups excluding tert-OH is 1. The highest BCUT2D eigenvalue weighted by Crippen LogP contribution is 2.31. The summed E-state index contributed by atoms with van der Waals surface area (Å²) < 4.78 is 10.9. The number of hydrogen-bond donors (Lipinski definition) is 1. The maximum atomic E-state index is 9.45. The van der Waals surface area contributed by atoms with Gasteiger partial charge in [0.15, 0.2) is 0 Å². The lowest BCUT2D eigenvalue weighted by atomic mass is 9.88. The van der Waals surface area contributed by atoms with Crippen LogP contribution in [-0.4, -0.2) is 30.5 Å². The Morgan fingerprint density at radius 3 is 2.81 bits per heavy atom. The van der Waals surface area contributed by atoms with Gasteiger partial charge in [0.05, 0.1) is 6.10 Å². The molecular formula is C12H15ClO3. The Labute approximate surface area is 99.9 Å². The van der Waals surface area contributed by atoms with Gasteiger partial charge in [-0.05, 0) is 24.6 Å². The fourth-order valence-electron chi connectivity index (χ4n) is 1.85. The van der Waals surface area contributed by atoms with Gasteiger partial charge in [-0.2, -0.15) is 0 Å². The Morgan fingerprint density at radius 1 is 1.44 bits per heavy atom. The van der Waals surface area contributed by atoms with Crippen molar-refractivity contribution in [2.24, 2.45) is 0 Å². The summed E-state index contributed by atoms with van der Waals surface area (Å²) in [7, 11) is 1.58. The zero-order valence-corrected chi connectivity index (χ0v) is 10.1. The second kappa shape index (κ2) is 4.62. The average molecular weight is 243 g/mol. The Hall–Kier alpha value is -0.770. The number of hydrogen-bond acceptors (Lipinski definition) is 3. The maximum absolute atomic E-state index is 9.45. The summed E-state index contributed by atoms with van der Waals surface area (Å²) in [5.41, 5.74) is 1.03. The molecule has 3 atom stereocenters. The first kappa shape index (κ1) is 11.7. The molecule has 1 N–H and O–H groups in total. The van der Waals surface area contributed by atoms with E-state index < -0.39 is 6.10 Å². The molecule has 1 aliphatic rings. The first-order valence-corrected chi connectivity index (χ1v) is 5.63. The topological polar surface area (TPSA) is 38.7 Å². The molecule has 0 bridgehead atoms. The van der Waals surface area contributed by atoms with Crippen LogP contribution in [-0.2, 0) is 4.74 Å². The molecular weight excluding hydrogens is 228 g/mol. The first-order valence-electron chi connectivity index (χ1n) is 5.25. The van der Waals surface area contributed by atoms with Crippen LogP contribution in [0.3, 0.4) is 0 Å². The molecule has 1 saturated carbocycles. The van der Waals surface area contributed by atoms with E-state index in [9.17, 15) is 5.11 Å². The molecule has 88 valence electrons. The van der Waals surface area contributed by atoms with Crippen molar-refractivity contribution in [2.45, 2.75) is 31.7 Å². The predicted molar refractivity (Wildman–Crippen MR) is 62.0 cm³/mol. The summed E-state index contributed by atoms with van der Waals surface area (Å²) in [6.45, 7) is 1.96. The fourth-order valence-corrected chi connectivity index (χ4v) is 2.01. The Morgan fingerprint density at radius 2 is 2.19 bits per heavy atom. The monoisotopic (exact) mass is 242 g/mol. The summed E-state index contributed by atoms with van der Waals surface area (Å²) >= 11 is 5.90. The lowest BCUT2D eigenvalue weighted by Crippen LogP contribution is -2.54. The van der Waals surface area contributed by atoms with E-state index in [0.29, 0.717) is 11.4 Å². The van der Waals surface area contributed by atoms with Crippen molar-refractivity contribution >= 4 is 11.6 Å². The van der Waals surface area contributed by atoms with Gasteiger partial charge in [-0.15, -0.1) is 0 Å². The van der Waals surface area contributed by atoms with Gasteiger partial charge in [-0.3, -0.25) is 0 Å². The first-order chi connectivity index (χ1) is 7.61. The van der Waals surface area contributed by atoms with E-state index in [4.69, 9.17) is 21.1 Å². The summed E-state index contributed by atoms with van der Waals surface area (Å²) in [6, 6.07) is 5.52. The second-order valence-electron chi connectivity index (χ2n) is 4.07. The van der Waals surface area contributed by atoms with Crippen molar-refractivity contribution in [1.82, 2.24) is 0 Å². The molecule has 0 heterocycles. The van der Waals surface area contributed by atoms with Crippen molar-refractivity contribution in [3.8, 4) is 5.75 Å². The molecule has 0 amide bonds. The van der Waals surface area contributed by atoms with Gasteiger partial charge in [0.1, 0.15) is 18.0 Å². The maximum Gasteiger partial charge on any atom is 0.130 e. The van der Waals surface area contributed by atoms with Crippen LogP contribution < -0.4 is 4.74 Å². The number of aliphatic hydroxyl groups is 1. The van der Waals surface area contributed by atoms with Gasteiger partial charge < -0.3 is 14.6 Å². The molecule has 1 aromatic carbocycles. The molecule has 0 aliphatic heterocycles. The molecule has 4 heteroatoms. The van der Waals surface area contributed by atoms with Gasteiger partial charge in [0.2, 0.25) is 0 Å². The fraction of sp³-hybridized carbons (Fsp3) is 0.500. The van der Waals surface area contributed by atoms with Crippen LogP contribution in [0.4, 0.5) is 0 Å². The third-order valence-corrected chi connectivity index (χ3v) is 3.16. The molecule has 0 saturated heterocycles. The van der Waals surface area contributed by atoms with Gasteiger partial charge in [-0.1, -0.05) is 17.7 Å². The summed E-state index contributed by atoms with van der Waals surface area (Å²) in [5.74, 6) is 0.756. The molecule has 0 aromatic heterocycles. The number of ether oxygens (including phenoxy) is 2. The van der Waals surface area contributed by atoms with Crippen molar-refractivity contribution in [2.75, 3.05) is 7.11 Å². The lowest BCUT2D eigenvalue weighted by Gasteiger charge is -2.40. The van der Waals surface area contributed by atoms with E-state index in [0.717, 1.165) is 11.3 Å². The van der Waals surface area contributed by atoms with Crippen molar-refractivity contribution in [1.29, 1.82) is 0 Å². The van der Waals surface area contributed by atoms with E-state index in [1.54, 1.807) is 13.2 Å². The summed E-state index contributed by atoms with van der Waals surface area (Å²) in [5, 5.41) is 10.1. The number of rotatable bonds is 3. The summed E-state index contributed by atoms with van der Waals surface area (Å²) in [4.78, 5) is 0. The van der Waals surface area contributed by atoms with Crippen LogP contribution in [0.15, 0.2) is 18.2 Å². The Balaban J connectivity index is 2.07.